The third kappa shape index (κ3) is 3.66. The van der Waals surface area contributed by atoms with Gasteiger partial charge in [-0.1, -0.05) is 12.1 Å². The van der Waals surface area contributed by atoms with Crippen LogP contribution in [0.25, 0.3) is 0 Å². The van der Waals surface area contributed by atoms with Crippen LogP contribution in [0.3, 0.4) is 0 Å². The summed E-state index contributed by atoms with van der Waals surface area (Å²) in [7, 11) is 1.72. The molecule has 1 aromatic heterocycles. The Morgan fingerprint density at radius 2 is 2.00 bits per heavy atom. The molecule has 0 aliphatic heterocycles. The zero-order valence-corrected chi connectivity index (χ0v) is 13.5. The highest BCUT2D eigenvalue weighted by atomic mass is 32.1. The predicted octanol–water partition coefficient (Wildman–Crippen LogP) is 4.22. The summed E-state index contributed by atoms with van der Waals surface area (Å²) in [6.45, 7) is 2.29. The van der Waals surface area contributed by atoms with Crippen LogP contribution in [0.4, 0.5) is 0 Å². The molecule has 1 unspecified atom stereocenters. The third-order valence-corrected chi connectivity index (χ3v) is 5.10. The first kappa shape index (κ1) is 14.6. The minimum absolute atomic E-state index is 0.557. The molecule has 1 atom stereocenters. The second-order valence-corrected chi connectivity index (χ2v) is 6.82. The van der Waals surface area contributed by atoms with Gasteiger partial charge in [-0.05, 0) is 72.2 Å². The van der Waals surface area contributed by atoms with Gasteiger partial charge in [0.05, 0.1) is 7.11 Å². The highest BCUT2D eigenvalue weighted by Gasteiger charge is 2.30. The summed E-state index contributed by atoms with van der Waals surface area (Å²) in [5, 5.41) is 8.16. The Morgan fingerprint density at radius 1 is 1.24 bits per heavy atom. The van der Waals surface area contributed by atoms with E-state index in [4.69, 9.17) is 4.74 Å². The van der Waals surface area contributed by atoms with Gasteiger partial charge in [0.25, 0.3) is 0 Å². The molecule has 1 aliphatic carbocycles. The van der Waals surface area contributed by atoms with Crippen molar-refractivity contribution < 1.29 is 4.74 Å². The lowest BCUT2D eigenvalue weighted by Crippen LogP contribution is -2.45. The normalized spacial score (nSPS) is 22.6. The smallest absolute Gasteiger partial charge is 0.118 e. The Balaban J connectivity index is 1.44. The number of hydrogen-bond donors (Lipinski definition) is 1. The van der Waals surface area contributed by atoms with E-state index >= 15 is 0 Å². The fraction of sp³-hybridized carbons (Fsp3) is 0.444. The van der Waals surface area contributed by atoms with E-state index in [9.17, 15) is 0 Å². The molecule has 0 spiro atoms. The monoisotopic (exact) mass is 301 g/mol. The molecule has 1 saturated carbocycles. The number of thiophene rings is 1. The van der Waals surface area contributed by atoms with Crippen molar-refractivity contribution in [3.05, 3.63) is 52.2 Å². The van der Waals surface area contributed by atoms with Gasteiger partial charge in [-0.3, -0.25) is 0 Å². The first-order valence-corrected chi connectivity index (χ1v) is 8.60. The van der Waals surface area contributed by atoms with E-state index < -0.39 is 0 Å². The Bertz CT molecular complexity index is 543. The summed E-state index contributed by atoms with van der Waals surface area (Å²) in [5.41, 5.74) is 2.89. The summed E-state index contributed by atoms with van der Waals surface area (Å²) in [5.74, 6) is 1.65. The summed E-state index contributed by atoms with van der Waals surface area (Å²) >= 11 is 1.78. The molecule has 21 heavy (non-hydrogen) atoms. The van der Waals surface area contributed by atoms with Crippen molar-refractivity contribution in [1.82, 2.24) is 5.32 Å². The van der Waals surface area contributed by atoms with Gasteiger partial charge in [0.15, 0.2) is 0 Å². The third-order valence-electron chi connectivity index (χ3n) is 4.37. The number of hydrogen-bond acceptors (Lipinski definition) is 3. The van der Waals surface area contributed by atoms with Crippen LogP contribution in [0.1, 0.15) is 36.8 Å². The summed E-state index contributed by atoms with van der Waals surface area (Å²) in [4.78, 5) is 0. The van der Waals surface area contributed by atoms with Crippen LogP contribution in [-0.4, -0.2) is 19.2 Å². The summed E-state index contributed by atoms with van der Waals surface area (Å²) in [6, 6.07) is 12.0. The second kappa shape index (κ2) is 6.63. The average molecular weight is 301 g/mol. The van der Waals surface area contributed by atoms with E-state index in [0.717, 1.165) is 12.2 Å². The number of ether oxygens (including phenoxy) is 1. The molecule has 1 heterocycles. The maximum atomic E-state index is 5.21. The molecule has 1 N–H and O–H groups in total. The Labute approximate surface area is 131 Å². The van der Waals surface area contributed by atoms with Crippen LogP contribution < -0.4 is 10.1 Å². The average Bonchev–Trinajstić information content (AvgIpc) is 2.95. The van der Waals surface area contributed by atoms with Crippen molar-refractivity contribution in [2.75, 3.05) is 7.11 Å². The van der Waals surface area contributed by atoms with Crippen LogP contribution in [0.2, 0.25) is 0 Å². The van der Waals surface area contributed by atoms with E-state index in [2.05, 4.69) is 53.3 Å². The molecule has 2 nitrogen and oxygen atoms in total. The highest BCUT2D eigenvalue weighted by Crippen LogP contribution is 2.37. The van der Waals surface area contributed by atoms with Gasteiger partial charge in [0.2, 0.25) is 0 Å². The quantitative estimate of drug-likeness (QED) is 0.862. The number of methoxy groups -OCH3 is 1. The predicted molar refractivity (Wildman–Crippen MR) is 89.4 cm³/mol. The van der Waals surface area contributed by atoms with E-state index in [0.29, 0.717) is 18.0 Å². The van der Waals surface area contributed by atoms with Gasteiger partial charge < -0.3 is 10.1 Å². The van der Waals surface area contributed by atoms with Crippen LogP contribution in [0, 0.1) is 0 Å². The van der Waals surface area contributed by atoms with Crippen molar-refractivity contribution in [1.29, 1.82) is 0 Å². The molecule has 1 fully saturated rings. The molecule has 112 valence electrons. The minimum Gasteiger partial charge on any atom is -0.497 e. The lowest BCUT2D eigenvalue weighted by molar-refractivity contribution is 0.269. The zero-order valence-electron chi connectivity index (χ0n) is 12.7. The molecular formula is C18H23NOS. The van der Waals surface area contributed by atoms with Crippen molar-refractivity contribution in [3.8, 4) is 5.75 Å². The second-order valence-electron chi connectivity index (χ2n) is 6.04. The molecule has 0 bridgehead atoms. The Hall–Kier alpha value is -1.32. The number of rotatable bonds is 6. The first-order valence-electron chi connectivity index (χ1n) is 7.65. The van der Waals surface area contributed by atoms with Crippen LogP contribution in [-0.2, 0) is 6.42 Å². The fourth-order valence-electron chi connectivity index (χ4n) is 3.13. The largest absolute Gasteiger partial charge is 0.497 e. The lowest BCUT2D eigenvalue weighted by Gasteiger charge is -2.38. The Morgan fingerprint density at radius 3 is 2.62 bits per heavy atom. The van der Waals surface area contributed by atoms with Gasteiger partial charge in [-0.2, -0.15) is 11.3 Å². The van der Waals surface area contributed by atoms with Gasteiger partial charge in [-0.15, -0.1) is 0 Å². The maximum Gasteiger partial charge on any atom is 0.118 e. The van der Waals surface area contributed by atoms with E-state index in [1.807, 2.05) is 0 Å². The lowest BCUT2D eigenvalue weighted by atomic mass is 9.75. The molecular weight excluding hydrogens is 278 g/mol. The van der Waals surface area contributed by atoms with Crippen molar-refractivity contribution in [2.24, 2.45) is 0 Å². The van der Waals surface area contributed by atoms with E-state index in [1.165, 1.54) is 24.0 Å². The molecule has 3 rings (SSSR count). The number of benzene rings is 1. The van der Waals surface area contributed by atoms with Gasteiger partial charge in [0, 0.05) is 12.1 Å². The molecule has 0 radical (unpaired) electrons. The van der Waals surface area contributed by atoms with Crippen LogP contribution in [0.15, 0.2) is 41.1 Å². The number of nitrogens with one attached hydrogen (secondary N) is 1. The highest BCUT2D eigenvalue weighted by molar-refractivity contribution is 7.07. The molecule has 1 aliphatic rings. The minimum atomic E-state index is 0.557. The van der Waals surface area contributed by atoms with Gasteiger partial charge >= 0.3 is 0 Å². The summed E-state index contributed by atoms with van der Waals surface area (Å²) < 4.78 is 5.21. The zero-order chi connectivity index (χ0) is 14.7. The van der Waals surface area contributed by atoms with E-state index in [1.54, 1.807) is 18.4 Å². The van der Waals surface area contributed by atoms with Crippen molar-refractivity contribution in [3.63, 3.8) is 0 Å². The van der Waals surface area contributed by atoms with Gasteiger partial charge in [0.1, 0.15) is 5.75 Å². The Kier molecular flexibility index (Phi) is 4.61. The van der Waals surface area contributed by atoms with Crippen molar-refractivity contribution >= 4 is 11.3 Å². The van der Waals surface area contributed by atoms with Gasteiger partial charge in [-0.25, -0.2) is 0 Å². The van der Waals surface area contributed by atoms with Crippen molar-refractivity contribution in [2.45, 2.75) is 44.2 Å². The van der Waals surface area contributed by atoms with Crippen LogP contribution in [0.5, 0.6) is 5.75 Å². The fourth-order valence-corrected chi connectivity index (χ4v) is 3.81. The van der Waals surface area contributed by atoms with Crippen LogP contribution >= 0.6 is 11.3 Å². The first-order chi connectivity index (χ1) is 10.2. The summed E-state index contributed by atoms with van der Waals surface area (Å²) in [6.07, 6.45) is 3.63. The molecule has 2 aromatic rings. The van der Waals surface area contributed by atoms with E-state index in [-0.39, 0.29) is 0 Å². The maximum absolute atomic E-state index is 5.21. The standard InChI is InChI=1S/C18H23NOS/c1-13(9-14-7-8-21-12-14)19-17-10-16(11-17)15-3-5-18(20-2)6-4-15/h3-8,12-13,16-17,19H,9-11H2,1-2H3. The topological polar surface area (TPSA) is 21.3 Å². The molecule has 1 aromatic carbocycles. The molecule has 0 amide bonds. The SMILES string of the molecule is COc1ccc(C2CC(NC(C)Cc3ccsc3)C2)cc1. The molecule has 3 heteroatoms. The molecule has 0 saturated heterocycles.